The first kappa shape index (κ1) is 16.3. The van der Waals surface area contributed by atoms with Crippen molar-refractivity contribution in [3.63, 3.8) is 0 Å². The van der Waals surface area contributed by atoms with Gasteiger partial charge < -0.3 is 10.6 Å². The maximum atomic E-state index is 12.3. The number of hydrogen-bond donors (Lipinski definition) is 2. The molecule has 4 heteroatoms. The van der Waals surface area contributed by atoms with E-state index < -0.39 is 0 Å². The zero-order valence-corrected chi connectivity index (χ0v) is 12.9. The summed E-state index contributed by atoms with van der Waals surface area (Å²) in [5, 5.41) is 5.61. The van der Waals surface area contributed by atoms with Crippen molar-refractivity contribution in [2.75, 3.05) is 5.32 Å². The third-order valence-electron chi connectivity index (χ3n) is 3.28. The summed E-state index contributed by atoms with van der Waals surface area (Å²) in [6.07, 6.45) is 5.49. The van der Waals surface area contributed by atoms with Crippen LogP contribution in [0.5, 0.6) is 0 Å². The van der Waals surface area contributed by atoms with Gasteiger partial charge >= 0.3 is 0 Å². The highest BCUT2D eigenvalue weighted by Gasteiger charge is 2.17. The van der Waals surface area contributed by atoms with Crippen LogP contribution in [0.25, 0.3) is 0 Å². The van der Waals surface area contributed by atoms with E-state index >= 15 is 0 Å². The summed E-state index contributed by atoms with van der Waals surface area (Å²) in [5.41, 5.74) is 2.22. The zero-order valence-electron chi connectivity index (χ0n) is 12.9. The number of carbonyl (C=O) groups excluding carboxylic acids is 2. The third-order valence-corrected chi connectivity index (χ3v) is 3.28. The molecule has 0 aliphatic heterocycles. The maximum absolute atomic E-state index is 12.3. The second-order valence-corrected chi connectivity index (χ2v) is 5.14. The van der Waals surface area contributed by atoms with Crippen molar-refractivity contribution in [3.8, 4) is 12.3 Å². The van der Waals surface area contributed by atoms with Crippen molar-refractivity contribution in [2.45, 2.75) is 19.4 Å². The molecule has 0 saturated heterocycles. The molecular weight excluding hydrogens is 288 g/mol. The normalized spacial score (nSPS) is 11.1. The van der Waals surface area contributed by atoms with Crippen LogP contribution in [0, 0.1) is 12.3 Å². The fraction of sp³-hybridized carbons (Fsp3) is 0.158. The summed E-state index contributed by atoms with van der Waals surface area (Å²) >= 11 is 0. The van der Waals surface area contributed by atoms with Crippen LogP contribution in [0.1, 0.15) is 30.5 Å². The number of anilines is 1. The van der Waals surface area contributed by atoms with Crippen LogP contribution in [0.15, 0.2) is 54.6 Å². The minimum atomic E-state index is -0.371. The predicted molar refractivity (Wildman–Crippen MR) is 90.6 cm³/mol. The van der Waals surface area contributed by atoms with Gasteiger partial charge in [0.2, 0.25) is 11.8 Å². The summed E-state index contributed by atoms with van der Waals surface area (Å²) in [4.78, 5) is 23.6. The largest absolute Gasteiger partial charge is 0.349 e. The van der Waals surface area contributed by atoms with Gasteiger partial charge in [0.25, 0.3) is 0 Å². The number of carbonyl (C=O) groups is 2. The Morgan fingerprint density at radius 2 is 1.87 bits per heavy atom. The Bertz CT molecular complexity index is 733. The number of hydrogen-bond acceptors (Lipinski definition) is 2. The maximum Gasteiger partial charge on any atom is 0.226 e. The molecule has 0 aromatic heterocycles. The Morgan fingerprint density at radius 1 is 1.13 bits per heavy atom. The summed E-state index contributed by atoms with van der Waals surface area (Å²) in [6, 6.07) is 16.1. The van der Waals surface area contributed by atoms with Crippen LogP contribution >= 0.6 is 0 Å². The first-order chi connectivity index (χ1) is 11.1. The van der Waals surface area contributed by atoms with Crippen molar-refractivity contribution < 1.29 is 9.59 Å². The van der Waals surface area contributed by atoms with Crippen molar-refractivity contribution in [1.29, 1.82) is 0 Å². The highest BCUT2D eigenvalue weighted by atomic mass is 16.2. The Kier molecular flexibility index (Phi) is 5.54. The molecule has 2 aromatic rings. The number of rotatable bonds is 5. The molecule has 2 amide bonds. The lowest BCUT2D eigenvalue weighted by Crippen LogP contribution is -2.29. The Labute approximate surface area is 135 Å². The van der Waals surface area contributed by atoms with Gasteiger partial charge in [-0.15, -0.1) is 6.42 Å². The zero-order chi connectivity index (χ0) is 16.7. The molecule has 1 atom stereocenters. The van der Waals surface area contributed by atoms with Gasteiger partial charge in [-0.3, -0.25) is 9.59 Å². The second-order valence-electron chi connectivity index (χ2n) is 5.14. The van der Waals surface area contributed by atoms with Crippen molar-refractivity contribution in [2.24, 2.45) is 0 Å². The molecule has 0 spiro atoms. The van der Waals surface area contributed by atoms with Gasteiger partial charge in [-0.25, -0.2) is 0 Å². The van der Waals surface area contributed by atoms with Crippen molar-refractivity contribution in [1.82, 2.24) is 5.32 Å². The van der Waals surface area contributed by atoms with Gasteiger partial charge in [0.05, 0.1) is 12.5 Å². The Balaban J connectivity index is 2.08. The fourth-order valence-corrected chi connectivity index (χ4v) is 2.27. The summed E-state index contributed by atoms with van der Waals surface area (Å²) in [6.45, 7) is 1.43. The monoisotopic (exact) mass is 306 g/mol. The van der Waals surface area contributed by atoms with E-state index in [1.54, 1.807) is 24.3 Å². The number of terminal acetylenes is 1. The lowest BCUT2D eigenvalue weighted by atomic mass is 10.0. The third kappa shape index (κ3) is 5.01. The lowest BCUT2D eigenvalue weighted by molar-refractivity contribution is -0.120. The molecule has 2 N–H and O–H groups in total. The molecule has 0 heterocycles. The van der Waals surface area contributed by atoms with Gasteiger partial charge in [0.15, 0.2) is 0 Å². The van der Waals surface area contributed by atoms with Crippen LogP contribution in [0.4, 0.5) is 5.69 Å². The highest BCUT2D eigenvalue weighted by Crippen LogP contribution is 2.18. The smallest absolute Gasteiger partial charge is 0.226 e. The van der Waals surface area contributed by atoms with Gasteiger partial charge in [0, 0.05) is 18.2 Å². The number of amides is 2. The molecule has 0 aliphatic rings. The van der Waals surface area contributed by atoms with Gasteiger partial charge in [-0.1, -0.05) is 42.3 Å². The van der Waals surface area contributed by atoms with Crippen LogP contribution in [0.2, 0.25) is 0 Å². The molecule has 0 bridgehead atoms. The molecule has 0 aliphatic carbocycles. The van der Waals surface area contributed by atoms with Crippen LogP contribution < -0.4 is 10.6 Å². The summed E-state index contributed by atoms with van der Waals surface area (Å²) in [5.74, 6) is 2.15. The quantitative estimate of drug-likeness (QED) is 0.835. The van der Waals surface area contributed by atoms with Gasteiger partial charge in [-0.05, 0) is 23.8 Å². The van der Waals surface area contributed by atoms with Crippen LogP contribution in [-0.2, 0) is 9.59 Å². The minimum Gasteiger partial charge on any atom is -0.349 e. The second kappa shape index (κ2) is 7.81. The summed E-state index contributed by atoms with van der Waals surface area (Å²) in [7, 11) is 0. The first-order valence-electron chi connectivity index (χ1n) is 7.27. The topological polar surface area (TPSA) is 58.2 Å². The van der Waals surface area contributed by atoms with Gasteiger partial charge in [0.1, 0.15) is 0 Å². The van der Waals surface area contributed by atoms with Crippen LogP contribution in [0.3, 0.4) is 0 Å². The molecule has 23 heavy (non-hydrogen) atoms. The van der Waals surface area contributed by atoms with E-state index in [0.29, 0.717) is 11.3 Å². The average molecular weight is 306 g/mol. The summed E-state index contributed by atoms with van der Waals surface area (Å²) < 4.78 is 0. The number of nitrogens with one attached hydrogen (secondary N) is 2. The van der Waals surface area contributed by atoms with E-state index in [9.17, 15) is 9.59 Å². The van der Waals surface area contributed by atoms with E-state index in [0.717, 1.165) is 5.56 Å². The molecule has 0 saturated carbocycles. The van der Waals surface area contributed by atoms with E-state index in [2.05, 4.69) is 16.6 Å². The molecule has 0 fully saturated rings. The molecule has 0 radical (unpaired) electrons. The SMILES string of the molecule is C#Cc1cccc(NC(=O)CC(NC(C)=O)c2ccccc2)c1. The van der Waals surface area contributed by atoms with E-state index in [4.69, 9.17) is 6.42 Å². The van der Waals surface area contributed by atoms with E-state index in [1.807, 2.05) is 30.3 Å². The standard InChI is InChI=1S/C19H18N2O2/c1-3-15-8-7-11-17(12-15)21-19(23)13-18(20-14(2)22)16-9-5-4-6-10-16/h1,4-12,18H,13H2,2H3,(H,20,22)(H,21,23). The molecule has 2 rings (SSSR count). The molecular formula is C19H18N2O2. The fourth-order valence-electron chi connectivity index (χ4n) is 2.27. The molecule has 2 aromatic carbocycles. The van der Waals surface area contributed by atoms with Gasteiger partial charge in [-0.2, -0.15) is 0 Å². The predicted octanol–water partition coefficient (Wildman–Crippen LogP) is 2.87. The Hall–Kier alpha value is -3.06. The van der Waals surface area contributed by atoms with Crippen LogP contribution in [-0.4, -0.2) is 11.8 Å². The average Bonchev–Trinajstić information content (AvgIpc) is 2.54. The number of benzene rings is 2. The van der Waals surface area contributed by atoms with Crippen molar-refractivity contribution >= 4 is 17.5 Å². The highest BCUT2D eigenvalue weighted by molar-refractivity contribution is 5.91. The Morgan fingerprint density at radius 3 is 2.52 bits per heavy atom. The van der Waals surface area contributed by atoms with E-state index in [1.165, 1.54) is 6.92 Å². The first-order valence-corrected chi connectivity index (χ1v) is 7.27. The molecule has 116 valence electrons. The lowest BCUT2D eigenvalue weighted by Gasteiger charge is -2.18. The minimum absolute atomic E-state index is 0.143. The molecule has 1 unspecified atom stereocenters. The molecule has 4 nitrogen and oxygen atoms in total. The van der Waals surface area contributed by atoms with Crippen molar-refractivity contribution in [3.05, 3.63) is 65.7 Å². The van der Waals surface area contributed by atoms with E-state index in [-0.39, 0.29) is 24.3 Å².